The molecular formula is C19H26IN3O4. The van der Waals surface area contributed by atoms with Crippen LogP contribution in [0.25, 0.3) is 0 Å². The molecule has 1 fully saturated rings. The Labute approximate surface area is 173 Å². The largest absolute Gasteiger partial charge is 0.444 e. The van der Waals surface area contributed by atoms with Crippen LogP contribution in [0.15, 0.2) is 24.3 Å². The highest BCUT2D eigenvalue weighted by atomic mass is 127. The third kappa shape index (κ3) is 6.67. The molecule has 2 rings (SSSR count). The summed E-state index contributed by atoms with van der Waals surface area (Å²) in [7, 11) is 0. The maximum absolute atomic E-state index is 12.6. The van der Waals surface area contributed by atoms with E-state index in [1.54, 1.807) is 30.6 Å². The topological polar surface area (TPSA) is 79.0 Å². The van der Waals surface area contributed by atoms with Crippen LogP contribution in [0, 0.1) is 3.57 Å². The third-order valence-electron chi connectivity index (χ3n) is 4.03. The first kappa shape index (κ1) is 21.5. The lowest BCUT2D eigenvalue weighted by molar-refractivity contribution is -0.132. The van der Waals surface area contributed by atoms with Gasteiger partial charge in [0.05, 0.1) is 5.56 Å². The Morgan fingerprint density at radius 2 is 1.67 bits per heavy atom. The molecule has 3 amide bonds. The molecule has 1 saturated heterocycles. The highest BCUT2D eigenvalue weighted by Crippen LogP contribution is 2.15. The number of hydrogen-bond acceptors (Lipinski definition) is 4. The van der Waals surface area contributed by atoms with E-state index < -0.39 is 11.7 Å². The number of amides is 3. The maximum atomic E-state index is 12.6. The Morgan fingerprint density at radius 3 is 2.26 bits per heavy atom. The Kier molecular flexibility index (Phi) is 7.46. The lowest BCUT2D eigenvalue weighted by Gasteiger charge is -2.35. The molecule has 148 valence electrons. The summed E-state index contributed by atoms with van der Waals surface area (Å²) in [5, 5.41) is 2.59. The molecule has 7 nitrogen and oxygen atoms in total. The van der Waals surface area contributed by atoms with Crippen molar-refractivity contribution in [2.24, 2.45) is 0 Å². The molecule has 0 unspecified atom stereocenters. The van der Waals surface area contributed by atoms with E-state index in [2.05, 4.69) is 27.9 Å². The molecule has 1 aromatic rings. The molecule has 0 bridgehead atoms. The molecular weight excluding hydrogens is 461 g/mol. The van der Waals surface area contributed by atoms with E-state index in [9.17, 15) is 14.4 Å². The van der Waals surface area contributed by atoms with Crippen molar-refractivity contribution in [2.75, 3.05) is 32.7 Å². The van der Waals surface area contributed by atoms with Crippen molar-refractivity contribution in [1.82, 2.24) is 15.1 Å². The van der Waals surface area contributed by atoms with Crippen LogP contribution in [0.3, 0.4) is 0 Å². The fraction of sp³-hybridized carbons (Fsp3) is 0.526. The van der Waals surface area contributed by atoms with Crippen LogP contribution in [-0.2, 0) is 9.53 Å². The van der Waals surface area contributed by atoms with Crippen LogP contribution >= 0.6 is 22.6 Å². The molecule has 0 spiro atoms. The minimum atomic E-state index is -0.562. The predicted molar refractivity (Wildman–Crippen MR) is 110 cm³/mol. The third-order valence-corrected chi connectivity index (χ3v) is 4.97. The number of carbonyl (C=O) groups excluding carboxylic acids is 3. The van der Waals surface area contributed by atoms with Gasteiger partial charge in [0.1, 0.15) is 5.60 Å². The second kappa shape index (κ2) is 9.38. The number of nitrogens with zero attached hydrogens (tertiary/aromatic N) is 2. The van der Waals surface area contributed by atoms with E-state index in [4.69, 9.17) is 4.74 Å². The number of piperazine rings is 1. The standard InChI is InChI=1S/C19H26IN3O4/c1-19(2,3)27-18(26)21-9-8-16(24)22-10-12-23(13-11-22)17(25)14-6-4-5-7-15(14)20/h4-7H,8-13H2,1-3H3,(H,21,26). The van der Waals surface area contributed by atoms with Crippen LogP contribution in [-0.4, -0.2) is 66.0 Å². The molecule has 27 heavy (non-hydrogen) atoms. The average molecular weight is 487 g/mol. The zero-order chi connectivity index (χ0) is 20.0. The molecule has 0 aromatic heterocycles. The van der Waals surface area contributed by atoms with Crippen molar-refractivity contribution in [3.8, 4) is 0 Å². The van der Waals surface area contributed by atoms with Crippen molar-refractivity contribution in [3.05, 3.63) is 33.4 Å². The molecule has 0 aliphatic carbocycles. The second-order valence-electron chi connectivity index (χ2n) is 7.33. The van der Waals surface area contributed by atoms with Crippen LogP contribution in [0.4, 0.5) is 4.79 Å². The van der Waals surface area contributed by atoms with Crippen LogP contribution in [0.5, 0.6) is 0 Å². The van der Waals surface area contributed by atoms with E-state index in [1.165, 1.54) is 0 Å². The van der Waals surface area contributed by atoms with Crippen LogP contribution in [0.1, 0.15) is 37.6 Å². The molecule has 0 saturated carbocycles. The fourth-order valence-electron chi connectivity index (χ4n) is 2.71. The lowest BCUT2D eigenvalue weighted by Crippen LogP contribution is -2.51. The first-order valence-corrected chi connectivity index (χ1v) is 10.0. The summed E-state index contributed by atoms with van der Waals surface area (Å²) in [6.45, 7) is 7.61. The summed E-state index contributed by atoms with van der Waals surface area (Å²) in [6.07, 6.45) is -0.313. The highest BCUT2D eigenvalue weighted by Gasteiger charge is 2.25. The van der Waals surface area contributed by atoms with E-state index in [-0.39, 0.29) is 24.8 Å². The van der Waals surface area contributed by atoms with E-state index in [0.717, 1.165) is 3.57 Å². The normalized spacial score (nSPS) is 14.7. The second-order valence-corrected chi connectivity index (χ2v) is 8.49. The molecule has 1 heterocycles. The van der Waals surface area contributed by atoms with Crippen molar-refractivity contribution in [2.45, 2.75) is 32.8 Å². The van der Waals surface area contributed by atoms with Gasteiger partial charge in [0.25, 0.3) is 5.91 Å². The van der Waals surface area contributed by atoms with Crippen LogP contribution in [0.2, 0.25) is 0 Å². The molecule has 1 aromatic carbocycles. The molecule has 1 aliphatic rings. The summed E-state index contributed by atoms with van der Waals surface area (Å²) in [5.41, 5.74) is 0.132. The van der Waals surface area contributed by atoms with Gasteiger partial charge in [-0.1, -0.05) is 12.1 Å². The van der Waals surface area contributed by atoms with Gasteiger partial charge in [-0.2, -0.15) is 0 Å². The van der Waals surface area contributed by atoms with Gasteiger partial charge < -0.3 is 19.9 Å². The fourth-order valence-corrected chi connectivity index (χ4v) is 3.33. The van der Waals surface area contributed by atoms with Crippen molar-refractivity contribution < 1.29 is 19.1 Å². The van der Waals surface area contributed by atoms with Gasteiger partial charge in [-0.25, -0.2) is 4.79 Å². The number of ether oxygens (including phenoxy) is 1. The van der Waals surface area contributed by atoms with E-state index in [0.29, 0.717) is 31.7 Å². The number of hydrogen-bond donors (Lipinski definition) is 1. The Balaban J connectivity index is 1.75. The molecule has 8 heteroatoms. The highest BCUT2D eigenvalue weighted by molar-refractivity contribution is 14.1. The number of halogens is 1. The van der Waals surface area contributed by atoms with Crippen molar-refractivity contribution in [1.29, 1.82) is 0 Å². The zero-order valence-corrected chi connectivity index (χ0v) is 18.1. The molecule has 0 radical (unpaired) electrons. The Morgan fingerprint density at radius 1 is 1.07 bits per heavy atom. The van der Waals surface area contributed by atoms with Gasteiger partial charge in [-0.3, -0.25) is 9.59 Å². The number of nitrogens with one attached hydrogen (secondary N) is 1. The summed E-state index contributed by atoms with van der Waals surface area (Å²) in [5.74, 6) is -0.0360. The number of rotatable bonds is 4. The van der Waals surface area contributed by atoms with Crippen LogP contribution < -0.4 is 5.32 Å². The van der Waals surface area contributed by atoms with Crippen molar-refractivity contribution in [3.63, 3.8) is 0 Å². The van der Waals surface area contributed by atoms with Gasteiger partial charge in [0.15, 0.2) is 0 Å². The summed E-state index contributed by atoms with van der Waals surface area (Å²) in [4.78, 5) is 40.0. The Hall–Kier alpha value is -1.84. The van der Waals surface area contributed by atoms with E-state index in [1.807, 2.05) is 24.3 Å². The minimum Gasteiger partial charge on any atom is -0.444 e. The smallest absolute Gasteiger partial charge is 0.407 e. The van der Waals surface area contributed by atoms with Gasteiger partial charge in [0.2, 0.25) is 5.91 Å². The Bertz CT molecular complexity index is 694. The summed E-state index contributed by atoms with van der Waals surface area (Å²) < 4.78 is 6.06. The van der Waals surface area contributed by atoms with Gasteiger partial charge >= 0.3 is 6.09 Å². The molecule has 1 N–H and O–H groups in total. The number of carbonyl (C=O) groups is 3. The summed E-state index contributed by atoms with van der Waals surface area (Å²) >= 11 is 2.16. The molecule has 0 atom stereocenters. The average Bonchev–Trinajstić information content (AvgIpc) is 2.60. The SMILES string of the molecule is CC(C)(C)OC(=O)NCCC(=O)N1CCN(C(=O)c2ccccc2I)CC1. The monoisotopic (exact) mass is 487 g/mol. The lowest BCUT2D eigenvalue weighted by atomic mass is 10.2. The van der Waals surface area contributed by atoms with E-state index >= 15 is 0 Å². The first-order valence-electron chi connectivity index (χ1n) is 8.96. The van der Waals surface area contributed by atoms with Gasteiger partial charge in [0, 0.05) is 42.7 Å². The zero-order valence-electron chi connectivity index (χ0n) is 16.0. The molecule has 1 aliphatic heterocycles. The number of alkyl carbamates (subject to hydrolysis) is 1. The van der Waals surface area contributed by atoms with Crippen molar-refractivity contribution >= 4 is 40.5 Å². The summed E-state index contributed by atoms with van der Waals surface area (Å²) in [6, 6.07) is 7.49. The minimum absolute atomic E-state index is 0.00121. The van der Waals surface area contributed by atoms with Gasteiger partial charge in [-0.05, 0) is 55.5 Å². The maximum Gasteiger partial charge on any atom is 0.407 e. The van der Waals surface area contributed by atoms with Gasteiger partial charge in [-0.15, -0.1) is 0 Å². The first-order chi connectivity index (χ1) is 12.7. The quantitative estimate of drug-likeness (QED) is 0.663. The predicted octanol–water partition coefficient (Wildman–Crippen LogP) is 2.49. The number of benzene rings is 1.